The molecule has 70 valence electrons. The van der Waals surface area contributed by atoms with Gasteiger partial charge in [0.05, 0.1) is 0 Å². The van der Waals surface area contributed by atoms with Crippen molar-refractivity contribution >= 4 is 5.78 Å². The smallest absolute Gasteiger partial charge is 0.136 e. The number of Topliss-reactive ketones (excluding diaryl/α,β-unsaturated/α-hetero) is 1. The van der Waals surface area contributed by atoms with Crippen LogP contribution in [0.4, 0.5) is 0 Å². The van der Waals surface area contributed by atoms with Crippen molar-refractivity contribution in [1.29, 1.82) is 0 Å². The molecule has 2 unspecified atom stereocenters. The molecule has 2 aliphatic carbocycles. The molecule has 0 aromatic rings. The maximum absolute atomic E-state index is 11.6. The second-order valence-electron chi connectivity index (χ2n) is 4.32. The predicted molar refractivity (Wildman–Crippen MR) is 52.0 cm³/mol. The summed E-state index contributed by atoms with van der Waals surface area (Å²) in [7, 11) is 0. The first-order valence-electron chi connectivity index (χ1n) is 5.23. The van der Waals surface area contributed by atoms with E-state index in [0.717, 1.165) is 18.3 Å². The van der Waals surface area contributed by atoms with E-state index in [2.05, 4.69) is 11.8 Å². The zero-order chi connectivity index (χ0) is 9.26. The fraction of sp³-hybridized carbons (Fsp3) is 0.750. The standard InChI is InChI=1S/C12H16O/c1-2-3-4-5-12(13)11-7-9-6-10(9)8-11/h9-11H,4-8H2,1H3. The normalized spacial score (nSPS) is 34.7. The molecule has 0 aromatic heterocycles. The van der Waals surface area contributed by atoms with Gasteiger partial charge >= 0.3 is 0 Å². The Bertz CT molecular complexity index is 259. The number of fused-ring (bicyclic) bond motifs is 1. The molecule has 0 amide bonds. The Hall–Kier alpha value is -0.770. The maximum Gasteiger partial charge on any atom is 0.136 e. The van der Waals surface area contributed by atoms with E-state index in [1.165, 1.54) is 19.3 Å². The largest absolute Gasteiger partial charge is 0.299 e. The molecule has 2 saturated carbocycles. The van der Waals surface area contributed by atoms with Crippen LogP contribution in [0.3, 0.4) is 0 Å². The summed E-state index contributed by atoms with van der Waals surface area (Å²) in [5.74, 6) is 8.50. The van der Waals surface area contributed by atoms with Crippen molar-refractivity contribution in [1.82, 2.24) is 0 Å². The third-order valence-corrected chi connectivity index (χ3v) is 3.37. The van der Waals surface area contributed by atoms with E-state index in [9.17, 15) is 4.79 Å². The van der Waals surface area contributed by atoms with Crippen molar-refractivity contribution in [3.63, 3.8) is 0 Å². The van der Waals surface area contributed by atoms with Gasteiger partial charge in [-0.2, -0.15) is 0 Å². The highest BCUT2D eigenvalue weighted by Crippen LogP contribution is 2.54. The molecule has 1 heteroatoms. The minimum atomic E-state index is 0.405. The second kappa shape index (κ2) is 3.54. The van der Waals surface area contributed by atoms with Gasteiger partial charge in [-0.05, 0) is 38.0 Å². The van der Waals surface area contributed by atoms with Crippen molar-refractivity contribution in [2.75, 3.05) is 0 Å². The van der Waals surface area contributed by atoms with Gasteiger partial charge in [-0.3, -0.25) is 4.79 Å². The van der Waals surface area contributed by atoms with E-state index in [1.807, 2.05) is 6.92 Å². The quantitative estimate of drug-likeness (QED) is 0.603. The van der Waals surface area contributed by atoms with Gasteiger partial charge in [0, 0.05) is 18.8 Å². The number of hydrogen-bond acceptors (Lipinski definition) is 1. The molecular weight excluding hydrogens is 160 g/mol. The van der Waals surface area contributed by atoms with Crippen LogP contribution in [-0.2, 0) is 4.79 Å². The van der Waals surface area contributed by atoms with Gasteiger partial charge in [-0.1, -0.05) is 0 Å². The Morgan fingerprint density at radius 3 is 2.62 bits per heavy atom. The van der Waals surface area contributed by atoms with E-state index in [-0.39, 0.29) is 0 Å². The Balaban J connectivity index is 1.73. The lowest BCUT2D eigenvalue weighted by Gasteiger charge is -2.08. The number of carbonyl (C=O) groups excluding carboxylic acids is 1. The lowest BCUT2D eigenvalue weighted by Crippen LogP contribution is -2.11. The second-order valence-corrected chi connectivity index (χ2v) is 4.32. The van der Waals surface area contributed by atoms with Gasteiger partial charge in [0.2, 0.25) is 0 Å². The summed E-state index contributed by atoms with van der Waals surface area (Å²) < 4.78 is 0. The molecule has 0 aliphatic heterocycles. The van der Waals surface area contributed by atoms with E-state index in [4.69, 9.17) is 0 Å². The Kier molecular flexibility index (Phi) is 2.40. The molecular formula is C12H16O. The topological polar surface area (TPSA) is 17.1 Å². The maximum atomic E-state index is 11.6. The lowest BCUT2D eigenvalue weighted by molar-refractivity contribution is -0.122. The fourth-order valence-corrected chi connectivity index (χ4v) is 2.49. The number of ketones is 1. The average molecular weight is 176 g/mol. The van der Waals surface area contributed by atoms with Crippen molar-refractivity contribution in [2.45, 2.75) is 39.0 Å². The highest BCUT2D eigenvalue weighted by atomic mass is 16.1. The number of hydrogen-bond donors (Lipinski definition) is 0. The van der Waals surface area contributed by atoms with E-state index in [1.54, 1.807) is 0 Å². The van der Waals surface area contributed by atoms with Gasteiger partial charge in [0.15, 0.2) is 0 Å². The van der Waals surface area contributed by atoms with Gasteiger partial charge in [-0.25, -0.2) is 0 Å². The van der Waals surface area contributed by atoms with Crippen molar-refractivity contribution in [3.8, 4) is 11.8 Å². The lowest BCUT2D eigenvalue weighted by atomic mass is 9.95. The third kappa shape index (κ3) is 1.94. The van der Waals surface area contributed by atoms with Crippen molar-refractivity contribution in [2.24, 2.45) is 17.8 Å². The number of rotatable bonds is 3. The van der Waals surface area contributed by atoms with Crippen molar-refractivity contribution in [3.05, 3.63) is 0 Å². The average Bonchev–Trinajstić information content (AvgIpc) is 2.74. The molecule has 0 spiro atoms. The molecule has 0 saturated heterocycles. The van der Waals surface area contributed by atoms with Crippen LogP contribution in [0.2, 0.25) is 0 Å². The first kappa shape index (κ1) is 8.81. The molecule has 0 radical (unpaired) electrons. The molecule has 2 rings (SSSR count). The highest BCUT2D eigenvalue weighted by molar-refractivity contribution is 5.81. The number of carbonyl (C=O) groups is 1. The molecule has 2 fully saturated rings. The van der Waals surface area contributed by atoms with Gasteiger partial charge < -0.3 is 0 Å². The summed E-state index contributed by atoms with van der Waals surface area (Å²) in [4.78, 5) is 11.6. The molecule has 2 aliphatic rings. The van der Waals surface area contributed by atoms with Crippen molar-refractivity contribution < 1.29 is 4.79 Å². The van der Waals surface area contributed by atoms with Crippen LogP contribution < -0.4 is 0 Å². The zero-order valence-electron chi connectivity index (χ0n) is 8.18. The molecule has 0 aromatic carbocycles. The monoisotopic (exact) mass is 176 g/mol. The molecule has 0 bridgehead atoms. The van der Waals surface area contributed by atoms with Crippen LogP contribution in [0, 0.1) is 29.6 Å². The zero-order valence-corrected chi connectivity index (χ0v) is 8.18. The summed E-state index contributed by atoms with van der Waals surface area (Å²) in [6.07, 6.45) is 5.22. The van der Waals surface area contributed by atoms with Gasteiger partial charge in [-0.15, -0.1) is 11.8 Å². The summed E-state index contributed by atoms with van der Waals surface area (Å²) in [5.41, 5.74) is 0. The molecule has 2 atom stereocenters. The Morgan fingerprint density at radius 2 is 2.00 bits per heavy atom. The Morgan fingerprint density at radius 1 is 1.31 bits per heavy atom. The minimum Gasteiger partial charge on any atom is -0.299 e. The van der Waals surface area contributed by atoms with E-state index >= 15 is 0 Å². The summed E-state index contributed by atoms with van der Waals surface area (Å²) in [6.45, 7) is 1.83. The molecule has 0 heterocycles. The van der Waals surface area contributed by atoms with E-state index < -0.39 is 0 Å². The fourth-order valence-electron chi connectivity index (χ4n) is 2.49. The van der Waals surface area contributed by atoms with Crippen LogP contribution in [0.5, 0.6) is 0 Å². The first-order chi connectivity index (χ1) is 6.31. The highest BCUT2D eigenvalue weighted by Gasteiger charge is 2.47. The summed E-state index contributed by atoms with van der Waals surface area (Å²) in [5, 5.41) is 0. The van der Waals surface area contributed by atoms with Crippen LogP contribution in [0.15, 0.2) is 0 Å². The molecule has 13 heavy (non-hydrogen) atoms. The summed E-state index contributed by atoms with van der Waals surface area (Å²) >= 11 is 0. The third-order valence-electron chi connectivity index (χ3n) is 3.37. The van der Waals surface area contributed by atoms with Crippen LogP contribution >= 0.6 is 0 Å². The first-order valence-corrected chi connectivity index (χ1v) is 5.23. The van der Waals surface area contributed by atoms with Crippen LogP contribution in [0.25, 0.3) is 0 Å². The predicted octanol–water partition coefficient (Wildman–Crippen LogP) is 2.41. The van der Waals surface area contributed by atoms with Crippen LogP contribution in [-0.4, -0.2) is 5.78 Å². The van der Waals surface area contributed by atoms with Gasteiger partial charge in [0.25, 0.3) is 0 Å². The van der Waals surface area contributed by atoms with Crippen LogP contribution in [0.1, 0.15) is 39.0 Å². The van der Waals surface area contributed by atoms with Gasteiger partial charge in [0.1, 0.15) is 5.78 Å². The molecule has 1 nitrogen and oxygen atoms in total. The summed E-state index contributed by atoms with van der Waals surface area (Å²) in [6, 6.07) is 0. The SMILES string of the molecule is CC#CCCC(=O)C1CC2CC2C1. The Labute approximate surface area is 79.9 Å². The molecule has 0 N–H and O–H groups in total. The van der Waals surface area contributed by atoms with E-state index in [0.29, 0.717) is 18.1 Å². The minimum absolute atomic E-state index is 0.405.